The topological polar surface area (TPSA) is 133 Å². The van der Waals surface area contributed by atoms with Crippen LogP contribution in [0.5, 0.6) is 5.88 Å². The van der Waals surface area contributed by atoms with Crippen LogP contribution < -0.4 is 16.0 Å². The standard InChI is InChI=1S/C17H11N5O5S/c1-27-14-7-6-13(19-20-14)21-16(23)11-8-12(28-15(11)18-17(21)24)9-2-4-10(5-3-9)22(25)26/h2-8H,1H3,(H,18,24). The number of nitrogens with zero attached hydrogens (tertiary/aromatic N) is 4. The molecule has 0 aliphatic rings. The summed E-state index contributed by atoms with van der Waals surface area (Å²) in [7, 11) is 1.43. The zero-order valence-corrected chi connectivity index (χ0v) is 15.1. The number of hydrogen-bond donors (Lipinski definition) is 1. The number of aromatic amines is 1. The first kappa shape index (κ1) is 17.5. The van der Waals surface area contributed by atoms with Crippen LogP contribution >= 0.6 is 11.3 Å². The highest BCUT2D eigenvalue weighted by atomic mass is 32.1. The lowest BCUT2D eigenvalue weighted by atomic mass is 10.1. The van der Waals surface area contributed by atoms with Gasteiger partial charge in [0.15, 0.2) is 5.82 Å². The van der Waals surface area contributed by atoms with Gasteiger partial charge in [-0.25, -0.2) is 9.36 Å². The lowest BCUT2D eigenvalue weighted by Crippen LogP contribution is -2.33. The molecule has 0 fully saturated rings. The number of benzene rings is 1. The second-order valence-corrected chi connectivity index (χ2v) is 6.71. The molecule has 0 bridgehead atoms. The molecule has 1 aromatic carbocycles. The highest BCUT2D eigenvalue weighted by molar-refractivity contribution is 7.21. The summed E-state index contributed by atoms with van der Waals surface area (Å²) in [5.74, 6) is 0.322. The molecule has 3 heterocycles. The normalized spacial score (nSPS) is 10.9. The highest BCUT2D eigenvalue weighted by Gasteiger charge is 2.15. The number of non-ortho nitro benzene ring substituents is 1. The van der Waals surface area contributed by atoms with E-state index in [4.69, 9.17) is 4.74 Å². The Balaban J connectivity index is 1.84. The zero-order chi connectivity index (χ0) is 19.8. The second-order valence-electron chi connectivity index (χ2n) is 5.66. The van der Waals surface area contributed by atoms with Gasteiger partial charge >= 0.3 is 5.69 Å². The summed E-state index contributed by atoms with van der Waals surface area (Å²) in [5, 5.41) is 18.7. The van der Waals surface area contributed by atoms with Gasteiger partial charge in [0.2, 0.25) is 5.88 Å². The number of hydrogen-bond acceptors (Lipinski definition) is 8. The lowest BCUT2D eigenvalue weighted by Gasteiger charge is -2.03. The van der Waals surface area contributed by atoms with Gasteiger partial charge in [0.1, 0.15) is 4.83 Å². The molecule has 0 aliphatic carbocycles. The number of methoxy groups -OCH3 is 1. The summed E-state index contributed by atoms with van der Waals surface area (Å²) >= 11 is 1.21. The molecule has 0 saturated carbocycles. The van der Waals surface area contributed by atoms with E-state index in [0.717, 1.165) is 4.57 Å². The van der Waals surface area contributed by atoms with E-state index in [-0.39, 0.29) is 17.4 Å². The summed E-state index contributed by atoms with van der Waals surface area (Å²) in [6.45, 7) is 0. The Morgan fingerprint density at radius 3 is 2.50 bits per heavy atom. The molecule has 0 aliphatic heterocycles. The van der Waals surface area contributed by atoms with Crippen molar-refractivity contribution in [2.75, 3.05) is 7.11 Å². The molecule has 0 atom stereocenters. The molecule has 140 valence electrons. The first-order valence-electron chi connectivity index (χ1n) is 7.90. The van der Waals surface area contributed by atoms with E-state index >= 15 is 0 Å². The van der Waals surface area contributed by atoms with Crippen LogP contribution in [0.25, 0.3) is 26.5 Å². The monoisotopic (exact) mass is 397 g/mol. The molecule has 0 saturated heterocycles. The molecule has 0 amide bonds. The van der Waals surface area contributed by atoms with Gasteiger partial charge in [0, 0.05) is 23.1 Å². The Labute approximate surface area is 159 Å². The van der Waals surface area contributed by atoms with Crippen LogP contribution in [0.15, 0.2) is 52.1 Å². The fraction of sp³-hybridized carbons (Fsp3) is 0.0588. The van der Waals surface area contributed by atoms with Gasteiger partial charge in [-0.1, -0.05) is 0 Å². The van der Waals surface area contributed by atoms with Crippen molar-refractivity contribution in [3.63, 3.8) is 0 Å². The summed E-state index contributed by atoms with van der Waals surface area (Å²) < 4.78 is 5.81. The number of rotatable bonds is 4. The number of nitro benzene ring substituents is 1. The predicted octanol–water partition coefficient (Wildman–Crippen LogP) is 2.11. The van der Waals surface area contributed by atoms with Crippen molar-refractivity contribution in [2.24, 2.45) is 0 Å². The minimum absolute atomic E-state index is 0.0290. The van der Waals surface area contributed by atoms with Crippen molar-refractivity contribution in [2.45, 2.75) is 0 Å². The first-order valence-corrected chi connectivity index (χ1v) is 8.71. The molecule has 3 aromatic heterocycles. The van der Waals surface area contributed by atoms with Crippen LogP contribution in [0.3, 0.4) is 0 Å². The van der Waals surface area contributed by atoms with Gasteiger partial charge in [-0.05, 0) is 29.8 Å². The maximum Gasteiger partial charge on any atom is 0.335 e. The Kier molecular flexibility index (Phi) is 4.20. The minimum atomic E-state index is -0.644. The van der Waals surface area contributed by atoms with Crippen molar-refractivity contribution in [3.05, 3.63) is 73.4 Å². The molecule has 28 heavy (non-hydrogen) atoms. The van der Waals surface area contributed by atoms with Crippen molar-refractivity contribution >= 4 is 27.2 Å². The quantitative estimate of drug-likeness (QED) is 0.412. The van der Waals surface area contributed by atoms with Crippen LogP contribution in [0.4, 0.5) is 5.69 Å². The SMILES string of the molecule is COc1ccc(-n2c(=O)[nH]c3sc(-c4ccc([N+](=O)[O-])cc4)cc3c2=O)nn1. The second kappa shape index (κ2) is 6.70. The van der Waals surface area contributed by atoms with Gasteiger partial charge in [0.05, 0.1) is 17.4 Å². The zero-order valence-electron chi connectivity index (χ0n) is 14.3. The van der Waals surface area contributed by atoms with E-state index in [1.54, 1.807) is 18.2 Å². The Morgan fingerprint density at radius 1 is 1.14 bits per heavy atom. The van der Waals surface area contributed by atoms with E-state index in [1.807, 2.05) is 0 Å². The van der Waals surface area contributed by atoms with E-state index in [2.05, 4.69) is 15.2 Å². The molecule has 0 radical (unpaired) electrons. The third kappa shape index (κ3) is 2.93. The number of aromatic nitrogens is 4. The van der Waals surface area contributed by atoms with Crippen molar-refractivity contribution in [1.29, 1.82) is 0 Å². The smallest absolute Gasteiger partial charge is 0.335 e. The Morgan fingerprint density at radius 2 is 1.89 bits per heavy atom. The largest absolute Gasteiger partial charge is 0.480 e. The van der Waals surface area contributed by atoms with E-state index in [9.17, 15) is 19.7 Å². The molecule has 11 heteroatoms. The average molecular weight is 397 g/mol. The van der Waals surface area contributed by atoms with Crippen LogP contribution in [0, 0.1) is 10.1 Å². The van der Waals surface area contributed by atoms with Crippen molar-refractivity contribution < 1.29 is 9.66 Å². The van der Waals surface area contributed by atoms with Gasteiger partial charge in [-0.2, -0.15) is 0 Å². The molecule has 1 N–H and O–H groups in total. The minimum Gasteiger partial charge on any atom is -0.480 e. The fourth-order valence-corrected chi connectivity index (χ4v) is 3.69. The third-order valence-electron chi connectivity index (χ3n) is 4.02. The molecular weight excluding hydrogens is 386 g/mol. The van der Waals surface area contributed by atoms with E-state index in [1.165, 1.54) is 42.7 Å². The first-order chi connectivity index (χ1) is 13.5. The van der Waals surface area contributed by atoms with E-state index < -0.39 is 16.2 Å². The fourth-order valence-electron chi connectivity index (χ4n) is 2.65. The average Bonchev–Trinajstić information content (AvgIpc) is 3.13. The van der Waals surface area contributed by atoms with Gasteiger partial charge in [-0.15, -0.1) is 21.5 Å². The van der Waals surface area contributed by atoms with Gasteiger partial charge in [0.25, 0.3) is 11.2 Å². The Hall–Kier alpha value is -3.86. The predicted molar refractivity (Wildman–Crippen MR) is 102 cm³/mol. The molecular formula is C17H11N5O5S. The molecule has 0 unspecified atom stereocenters. The number of ether oxygens (including phenoxy) is 1. The summed E-state index contributed by atoms with van der Waals surface area (Å²) in [6.07, 6.45) is 0. The number of fused-ring (bicyclic) bond motifs is 1. The molecule has 0 spiro atoms. The van der Waals surface area contributed by atoms with Crippen LogP contribution in [0.1, 0.15) is 0 Å². The maximum atomic E-state index is 12.9. The van der Waals surface area contributed by atoms with Gasteiger partial charge in [-0.3, -0.25) is 19.9 Å². The van der Waals surface area contributed by atoms with Crippen molar-refractivity contribution in [1.82, 2.24) is 19.7 Å². The number of H-pyrrole nitrogens is 1. The summed E-state index contributed by atoms with van der Waals surface area (Å²) in [6, 6.07) is 10.5. The molecule has 4 aromatic rings. The number of thiophene rings is 1. The summed E-state index contributed by atoms with van der Waals surface area (Å²) in [5.41, 5.74) is -0.516. The Bertz CT molecular complexity index is 1310. The van der Waals surface area contributed by atoms with Crippen LogP contribution in [-0.4, -0.2) is 31.8 Å². The number of nitrogens with one attached hydrogen (secondary N) is 1. The number of nitro groups is 1. The maximum absolute atomic E-state index is 12.9. The highest BCUT2D eigenvalue weighted by Crippen LogP contribution is 2.31. The van der Waals surface area contributed by atoms with Crippen molar-refractivity contribution in [3.8, 4) is 22.1 Å². The van der Waals surface area contributed by atoms with Crippen LogP contribution in [0.2, 0.25) is 0 Å². The lowest BCUT2D eigenvalue weighted by molar-refractivity contribution is -0.384. The summed E-state index contributed by atoms with van der Waals surface area (Å²) in [4.78, 5) is 39.3. The molecule has 10 nitrogen and oxygen atoms in total. The van der Waals surface area contributed by atoms with Gasteiger partial charge < -0.3 is 4.74 Å². The third-order valence-corrected chi connectivity index (χ3v) is 5.12. The van der Waals surface area contributed by atoms with E-state index in [0.29, 0.717) is 20.7 Å². The molecule has 4 rings (SSSR count). The van der Waals surface area contributed by atoms with Crippen LogP contribution in [-0.2, 0) is 0 Å².